The highest BCUT2D eigenvalue weighted by atomic mass is 32.1. The molecule has 0 bridgehead atoms. The summed E-state index contributed by atoms with van der Waals surface area (Å²) in [6, 6.07) is 17.9. The van der Waals surface area contributed by atoms with Gasteiger partial charge in [-0.1, -0.05) is 37.3 Å². The molecule has 1 atom stereocenters. The predicted molar refractivity (Wildman–Crippen MR) is 81.0 cm³/mol. The zero-order valence-electron chi connectivity index (χ0n) is 10.7. The van der Waals surface area contributed by atoms with Crippen LogP contribution in [0.25, 0.3) is 10.1 Å². The molecule has 1 unspecified atom stereocenters. The van der Waals surface area contributed by atoms with E-state index in [9.17, 15) is 4.79 Å². The van der Waals surface area contributed by atoms with Crippen molar-refractivity contribution < 1.29 is 4.79 Å². The van der Waals surface area contributed by atoms with E-state index in [1.54, 1.807) is 11.3 Å². The highest BCUT2D eigenvalue weighted by Gasteiger charge is 2.17. The van der Waals surface area contributed by atoms with Crippen LogP contribution in [0.1, 0.15) is 28.8 Å². The van der Waals surface area contributed by atoms with Crippen molar-refractivity contribution in [1.29, 1.82) is 0 Å². The Hall–Kier alpha value is -1.93. The molecule has 94 valence electrons. The van der Waals surface area contributed by atoms with Crippen LogP contribution in [-0.4, -0.2) is 5.78 Å². The molecular formula is C17H14OS. The molecular weight excluding hydrogens is 252 g/mol. The summed E-state index contributed by atoms with van der Waals surface area (Å²) in [6.07, 6.45) is 0. The smallest absolute Gasteiger partial charge is 0.170 e. The van der Waals surface area contributed by atoms with E-state index >= 15 is 0 Å². The Morgan fingerprint density at radius 2 is 1.84 bits per heavy atom. The van der Waals surface area contributed by atoms with Gasteiger partial charge in [-0.25, -0.2) is 0 Å². The van der Waals surface area contributed by atoms with Crippen LogP contribution < -0.4 is 0 Å². The first-order valence-corrected chi connectivity index (χ1v) is 7.20. The quantitative estimate of drug-likeness (QED) is 0.617. The van der Waals surface area contributed by atoms with Crippen LogP contribution in [0.2, 0.25) is 0 Å². The number of rotatable bonds is 3. The fourth-order valence-electron chi connectivity index (χ4n) is 2.26. The number of Topliss-reactive ketones (excluding diaryl/α,β-unsaturated/α-hetero) is 1. The minimum atomic E-state index is -0.0997. The van der Waals surface area contributed by atoms with Crippen LogP contribution >= 0.6 is 11.3 Å². The molecule has 0 N–H and O–H groups in total. The lowest BCUT2D eigenvalue weighted by molar-refractivity contribution is 0.0966. The van der Waals surface area contributed by atoms with Crippen molar-refractivity contribution in [2.45, 2.75) is 12.8 Å². The van der Waals surface area contributed by atoms with E-state index in [1.165, 1.54) is 4.70 Å². The van der Waals surface area contributed by atoms with E-state index in [0.29, 0.717) is 0 Å². The first-order valence-electron chi connectivity index (χ1n) is 6.32. The van der Waals surface area contributed by atoms with E-state index in [4.69, 9.17) is 0 Å². The van der Waals surface area contributed by atoms with Crippen LogP contribution in [-0.2, 0) is 0 Å². The summed E-state index contributed by atoms with van der Waals surface area (Å²) in [5.74, 6) is 0.0802. The lowest BCUT2D eigenvalue weighted by Crippen LogP contribution is -2.09. The van der Waals surface area contributed by atoms with E-state index in [1.807, 2.05) is 55.5 Å². The molecule has 3 rings (SSSR count). The molecule has 0 aliphatic carbocycles. The van der Waals surface area contributed by atoms with Crippen molar-refractivity contribution in [3.63, 3.8) is 0 Å². The summed E-state index contributed by atoms with van der Waals surface area (Å²) in [6.45, 7) is 1.97. The molecule has 0 amide bonds. The molecule has 0 aliphatic heterocycles. The molecule has 0 radical (unpaired) electrons. The minimum Gasteiger partial charge on any atom is -0.294 e. The predicted octanol–water partition coefficient (Wildman–Crippen LogP) is 4.89. The fraction of sp³-hybridized carbons (Fsp3) is 0.118. The Kier molecular flexibility index (Phi) is 3.18. The monoisotopic (exact) mass is 266 g/mol. The van der Waals surface area contributed by atoms with Gasteiger partial charge in [-0.05, 0) is 40.6 Å². The molecule has 3 aromatic rings. The van der Waals surface area contributed by atoms with E-state index < -0.39 is 0 Å². The third-order valence-corrected chi connectivity index (χ3v) is 4.33. The van der Waals surface area contributed by atoms with Gasteiger partial charge in [-0.2, -0.15) is 0 Å². The van der Waals surface area contributed by atoms with Crippen LogP contribution in [0.4, 0.5) is 0 Å². The fourth-order valence-corrected chi connectivity index (χ4v) is 3.03. The topological polar surface area (TPSA) is 17.1 Å². The first kappa shape index (κ1) is 12.1. The van der Waals surface area contributed by atoms with Crippen LogP contribution in [0.5, 0.6) is 0 Å². The van der Waals surface area contributed by atoms with Crippen molar-refractivity contribution in [1.82, 2.24) is 0 Å². The lowest BCUT2D eigenvalue weighted by atomic mass is 9.92. The number of benzene rings is 2. The van der Waals surface area contributed by atoms with Crippen molar-refractivity contribution in [3.8, 4) is 0 Å². The lowest BCUT2D eigenvalue weighted by Gasteiger charge is -2.10. The second kappa shape index (κ2) is 4.98. The van der Waals surface area contributed by atoms with E-state index in [0.717, 1.165) is 16.5 Å². The number of hydrogen-bond acceptors (Lipinski definition) is 2. The molecule has 1 nitrogen and oxygen atoms in total. The van der Waals surface area contributed by atoms with Gasteiger partial charge in [0.15, 0.2) is 5.78 Å². The molecule has 0 aliphatic rings. The van der Waals surface area contributed by atoms with E-state index in [2.05, 4.69) is 11.4 Å². The van der Waals surface area contributed by atoms with Gasteiger partial charge >= 0.3 is 0 Å². The molecule has 1 heterocycles. The standard InChI is InChI=1S/C17H14OS/c1-12(13-5-3-2-4-6-13)17(18)15-7-8-16-14(11-15)9-10-19-16/h2-12H,1H3. The number of fused-ring (bicyclic) bond motifs is 1. The van der Waals surface area contributed by atoms with Crippen LogP contribution in [0.15, 0.2) is 60.0 Å². The van der Waals surface area contributed by atoms with Gasteiger partial charge in [0, 0.05) is 16.2 Å². The number of thiophene rings is 1. The third-order valence-electron chi connectivity index (χ3n) is 3.43. The Bertz CT molecular complexity index is 712. The second-order valence-corrected chi connectivity index (χ2v) is 5.62. The van der Waals surface area contributed by atoms with Gasteiger partial charge in [0.25, 0.3) is 0 Å². The van der Waals surface area contributed by atoms with Crippen molar-refractivity contribution in [2.24, 2.45) is 0 Å². The van der Waals surface area contributed by atoms with Crippen LogP contribution in [0, 0.1) is 0 Å². The number of ketones is 1. The molecule has 2 aromatic carbocycles. The molecule has 2 heteroatoms. The maximum atomic E-state index is 12.5. The molecule has 19 heavy (non-hydrogen) atoms. The second-order valence-electron chi connectivity index (χ2n) is 4.67. The molecule has 0 saturated carbocycles. The summed E-state index contributed by atoms with van der Waals surface area (Å²) in [7, 11) is 0. The zero-order chi connectivity index (χ0) is 13.2. The highest BCUT2D eigenvalue weighted by Crippen LogP contribution is 2.25. The summed E-state index contributed by atoms with van der Waals surface area (Å²) in [4.78, 5) is 12.5. The summed E-state index contributed by atoms with van der Waals surface area (Å²) in [5, 5.41) is 3.20. The average Bonchev–Trinajstić information content (AvgIpc) is 2.94. The van der Waals surface area contributed by atoms with Gasteiger partial charge < -0.3 is 0 Å². The van der Waals surface area contributed by atoms with Gasteiger partial charge in [-0.15, -0.1) is 11.3 Å². The Labute approximate surface area is 116 Å². The minimum absolute atomic E-state index is 0.0997. The van der Waals surface area contributed by atoms with Crippen LogP contribution in [0.3, 0.4) is 0 Å². The van der Waals surface area contributed by atoms with Gasteiger partial charge in [-0.3, -0.25) is 4.79 Å². The maximum absolute atomic E-state index is 12.5. The summed E-state index contributed by atoms with van der Waals surface area (Å²) >= 11 is 1.70. The third kappa shape index (κ3) is 2.32. The number of hydrogen-bond donors (Lipinski definition) is 0. The summed E-state index contributed by atoms with van der Waals surface area (Å²) < 4.78 is 1.23. The van der Waals surface area contributed by atoms with Gasteiger partial charge in [0.05, 0.1) is 0 Å². The maximum Gasteiger partial charge on any atom is 0.170 e. The first-order chi connectivity index (χ1) is 9.25. The zero-order valence-corrected chi connectivity index (χ0v) is 11.5. The number of carbonyl (C=O) groups is 1. The summed E-state index contributed by atoms with van der Waals surface area (Å²) in [5.41, 5.74) is 1.86. The Morgan fingerprint density at radius 1 is 1.05 bits per heavy atom. The SMILES string of the molecule is CC(C(=O)c1ccc2sccc2c1)c1ccccc1. The van der Waals surface area contributed by atoms with Crippen molar-refractivity contribution >= 4 is 27.2 Å². The Balaban J connectivity index is 1.95. The van der Waals surface area contributed by atoms with Gasteiger partial charge in [0.1, 0.15) is 0 Å². The average molecular weight is 266 g/mol. The highest BCUT2D eigenvalue weighted by molar-refractivity contribution is 7.17. The van der Waals surface area contributed by atoms with E-state index in [-0.39, 0.29) is 11.7 Å². The van der Waals surface area contributed by atoms with Gasteiger partial charge in [0.2, 0.25) is 0 Å². The molecule has 0 spiro atoms. The largest absolute Gasteiger partial charge is 0.294 e. The Morgan fingerprint density at radius 3 is 2.63 bits per heavy atom. The van der Waals surface area contributed by atoms with Crippen molar-refractivity contribution in [2.75, 3.05) is 0 Å². The molecule has 0 saturated heterocycles. The van der Waals surface area contributed by atoms with Crippen molar-refractivity contribution in [3.05, 3.63) is 71.1 Å². The molecule has 0 fully saturated rings. The molecule has 1 aromatic heterocycles. The number of carbonyl (C=O) groups excluding carboxylic acids is 1. The normalized spacial score (nSPS) is 12.5.